The van der Waals surface area contributed by atoms with Gasteiger partial charge in [-0.05, 0) is 17.7 Å². The normalized spacial score (nSPS) is 11.8. The van der Waals surface area contributed by atoms with E-state index in [1.54, 1.807) is 6.20 Å². The van der Waals surface area contributed by atoms with Gasteiger partial charge in [-0.15, -0.1) is 0 Å². The van der Waals surface area contributed by atoms with Crippen LogP contribution in [0.3, 0.4) is 0 Å². The van der Waals surface area contributed by atoms with Crippen LogP contribution < -0.4 is 5.32 Å². The first kappa shape index (κ1) is 14.6. The zero-order valence-electron chi connectivity index (χ0n) is 10.9. The number of alkyl halides is 3. The van der Waals surface area contributed by atoms with Crippen molar-refractivity contribution < 1.29 is 13.2 Å². The predicted octanol–water partition coefficient (Wildman–Crippen LogP) is 3.64. The molecule has 0 radical (unpaired) electrons. The van der Waals surface area contributed by atoms with Crippen LogP contribution in [0.2, 0.25) is 5.02 Å². The van der Waals surface area contributed by atoms with Crippen molar-refractivity contribution in [3.63, 3.8) is 0 Å². The van der Waals surface area contributed by atoms with Crippen LogP contribution in [0.15, 0.2) is 30.7 Å². The Morgan fingerprint density at radius 2 is 2.05 bits per heavy atom. The second-order valence-corrected chi connectivity index (χ2v) is 4.91. The molecule has 0 fully saturated rings. The second-order valence-electron chi connectivity index (χ2n) is 4.50. The lowest BCUT2D eigenvalue weighted by atomic mass is 10.1. The summed E-state index contributed by atoms with van der Waals surface area (Å²) in [6.45, 7) is 0.135. The highest BCUT2D eigenvalue weighted by atomic mass is 35.5. The first-order valence-corrected chi connectivity index (χ1v) is 6.57. The topological polar surface area (TPSA) is 66.5 Å². The van der Waals surface area contributed by atoms with Gasteiger partial charge in [0, 0.05) is 6.54 Å². The van der Waals surface area contributed by atoms with Crippen LogP contribution in [0.4, 0.5) is 19.1 Å². The summed E-state index contributed by atoms with van der Waals surface area (Å²) in [7, 11) is 0. The SMILES string of the molecule is FC(F)(F)c1cc(CNc2ncc3[nH]cnc3n2)ccc1Cl. The van der Waals surface area contributed by atoms with Gasteiger partial charge in [-0.3, -0.25) is 0 Å². The Hall–Kier alpha value is -2.35. The highest BCUT2D eigenvalue weighted by Crippen LogP contribution is 2.35. The van der Waals surface area contributed by atoms with Crippen LogP contribution >= 0.6 is 11.6 Å². The highest BCUT2D eigenvalue weighted by molar-refractivity contribution is 6.31. The minimum atomic E-state index is -4.49. The van der Waals surface area contributed by atoms with Crippen LogP contribution in [0.5, 0.6) is 0 Å². The Balaban J connectivity index is 1.78. The van der Waals surface area contributed by atoms with Crippen molar-refractivity contribution in [2.75, 3.05) is 5.32 Å². The zero-order chi connectivity index (χ0) is 15.7. The molecule has 0 amide bonds. The lowest BCUT2D eigenvalue weighted by Crippen LogP contribution is -2.08. The fourth-order valence-corrected chi connectivity index (χ4v) is 2.13. The van der Waals surface area contributed by atoms with E-state index in [0.717, 1.165) is 6.07 Å². The number of imidazole rings is 1. The van der Waals surface area contributed by atoms with Crippen molar-refractivity contribution in [1.82, 2.24) is 19.9 Å². The van der Waals surface area contributed by atoms with Crippen molar-refractivity contribution in [3.8, 4) is 0 Å². The molecule has 3 aromatic rings. The molecule has 114 valence electrons. The maximum absolute atomic E-state index is 12.8. The number of fused-ring (bicyclic) bond motifs is 1. The third-order valence-corrected chi connectivity index (χ3v) is 3.29. The van der Waals surface area contributed by atoms with E-state index in [9.17, 15) is 13.2 Å². The quantitative estimate of drug-likeness (QED) is 0.771. The Labute approximate surface area is 127 Å². The molecule has 5 nitrogen and oxygen atoms in total. The molecule has 0 unspecified atom stereocenters. The van der Waals surface area contributed by atoms with Crippen LogP contribution in [-0.2, 0) is 12.7 Å². The smallest absolute Gasteiger partial charge is 0.350 e. The first-order chi connectivity index (χ1) is 10.4. The lowest BCUT2D eigenvalue weighted by Gasteiger charge is -2.11. The number of rotatable bonds is 3. The van der Waals surface area contributed by atoms with Crippen molar-refractivity contribution in [2.45, 2.75) is 12.7 Å². The van der Waals surface area contributed by atoms with Gasteiger partial charge in [-0.1, -0.05) is 17.7 Å². The molecule has 0 saturated heterocycles. The van der Waals surface area contributed by atoms with Gasteiger partial charge in [0.05, 0.1) is 23.1 Å². The van der Waals surface area contributed by atoms with E-state index >= 15 is 0 Å². The van der Waals surface area contributed by atoms with Crippen LogP contribution in [0.1, 0.15) is 11.1 Å². The van der Waals surface area contributed by atoms with E-state index < -0.39 is 11.7 Å². The van der Waals surface area contributed by atoms with Gasteiger partial charge in [0.1, 0.15) is 5.52 Å². The molecule has 2 heterocycles. The number of nitrogens with one attached hydrogen (secondary N) is 2. The van der Waals surface area contributed by atoms with Gasteiger partial charge in [0.15, 0.2) is 5.65 Å². The second kappa shape index (κ2) is 5.45. The summed E-state index contributed by atoms with van der Waals surface area (Å²) < 4.78 is 38.4. The standard InChI is InChI=1S/C13H9ClF3N5/c14-9-2-1-7(3-8(9)13(15,16)17)4-18-12-19-5-10-11(22-12)21-6-20-10/h1-3,5-6H,4H2,(H2,18,19,20,21,22). The molecule has 1 aromatic carbocycles. The third kappa shape index (κ3) is 2.96. The van der Waals surface area contributed by atoms with Crippen molar-refractivity contribution in [3.05, 3.63) is 46.9 Å². The number of nitrogens with zero attached hydrogens (tertiary/aromatic N) is 3. The summed E-state index contributed by atoms with van der Waals surface area (Å²) in [6, 6.07) is 3.74. The fourth-order valence-electron chi connectivity index (χ4n) is 1.90. The van der Waals surface area contributed by atoms with Crippen LogP contribution in [-0.4, -0.2) is 19.9 Å². The van der Waals surface area contributed by atoms with Gasteiger partial charge in [-0.25, -0.2) is 9.97 Å². The predicted molar refractivity (Wildman–Crippen MR) is 75.5 cm³/mol. The van der Waals surface area contributed by atoms with Crippen LogP contribution in [0.25, 0.3) is 11.2 Å². The van der Waals surface area contributed by atoms with E-state index in [0.29, 0.717) is 16.7 Å². The highest BCUT2D eigenvalue weighted by Gasteiger charge is 2.33. The maximum atomic E-state index is 12.8. The summed E-state index contributed by atoms with van der Waals surface area (Å²) in [5.74, 6) is 0.281. The summed E-state index contributed by atoms with van der Waals surface area (Å²) >= 11 is 5.57. The summed E-state index contributed by atoms with van der Waals surface area (Å²) in [4.78, 5) is 15.0. The molecule has 0 bridgehead atoms. The van der Waals surface area contributed by atoms with Crippen LogP contribution in [0, 0.1) is 0 Å². The molecule has 0 aliphatic carbocycles. The molecular weight excluding hydrogens is 319 g/mol. The Morgan fingerprint density at radius 1 is 1.23 bits per heavy atom. The van der Waals surface area contributed by atoms with E-state index in [-0.39, 0.29) is 17.5 Å². The number of halogens is 4. The molecule has 2 aromatic heterocycles. The van der Waals surface area contributed by atoms with Crippen molar-refractivity contribution in [2.24, 2.45) is 0 Å². The number of hydrogen-bond donors (Lipinski definition) is 2. The molecule has 0 spiro atoms. The van der Waals surface area contributed by atoms with Crippen molar-refractivity contribution >= 4 is 28.7 Å². The molecule has 2 N–H and O–H groups in total. The number of H-pyrrole nitrogens is 1. The number of benzene rings is 1. The third-order valence-electron chi connectivity index (χ3n) is 2.96. The lowest BCUT2D eigenvalue weighted by molar-refractivity contribution is -0.137. The minimum absolute atomic E-state index is 0.135. The number of hydrogen-bond acceptors (Lipinski definition) is 4. The molecule has 0 aliphatic rings. The van der Waals surface area contributed by atoms with Gasteiger partial charge < -0.3 is 10.3 Å². The number of aromatic amines is 1. The zero-order valence-corrected chi connectivity index (χ0v) is 11.7. The fraction of sp³-hybridized carbons (Fsp3) is 0.154. The first-order valence-electron chi connectivity index (χ1n) is 6.19. The van der Waals surface area contributed by atoms with Gasteiger partial charge in [0.25, 0.3) is 0 Å². The Kier molecular flexibility index (Phi) is 3.61. The molecule has 0 aliphatic heterocycles. The molecule has 0 atom stereocenters. The van der Waals surface area contributed by atoms with E-state index in [2.05, 4.69) is 25.3 Å². The largest absolute Gasteiger partial charge is 0.417 e. The van der Waals surface area contributed by atoms with E-state index in [1.165, 1.54) is 18.5 Å². The monoisotopic (exact) mass is 327 g/mol. The van der Waals surface area contributed by atoms with E-state index in [1.807, 2.05) is 0 Å². The molecular formula is C13H9ClF3N5. The number of aromatic nitrogens is 4. The molecule has 3 rings (SSSR count). The number of anilines is 1. The molecule has 22 heavy (non-hydrogen) atoms. The minimum Gasteiger partial charge on any atom is -0.350 e. The summed E-state index contributed by atoms with van der Waals surface area (Å²) in [5, 5.41) is 2.53. The Morgan fingerprint density at radius 3 is 2.82 bits per heavy atom. The molecule has 0 saturated carbocycles. The summed E-state index contributed by atoms with van der Waals surface area (Å²) in [6.07, 6.45) is -1.46. The Bertz CT molecular complexity index is 815. The van der Waals surface area contributed by atoms with Gasteiger partial charge in [-0.2, -0.15) is 18.2 Å². The van der Waals surface area contributed by atoms with Gasteiger partial charge >= 0.3 is 6.18 Å². The summed E-state index contributed by atoms with van der Waals surface area (Å²) in [5.41, 5.74) is 0.709. The van der Waals surface area contributed by atoms with Gasteiger partial charge in [0.2, 0.25) is 5.95 Å². The average Bonchev–Trinajstić information content (AvgIpc) is 2.92. The average molecular weight is 328 g/mol. The molecule has 9 heteroatoms. The van der Waals surface area contributed by atoms with Crippen molar-refractivity contribution in [1.29, 1.82) is 0 Å². The maximum Gasteiger partial charge on any atom is 0.417 e. The van der Waals surface area contributed by atoms with E-state index in [4.69, 9.17) is 11.6 Å².